The minimum Gasteiger partial charge on any atom is -0.481 e. The zero-order valence-electron chi connectivity index (χ0n) is 12.5. The third-order valence-electron chi connectivity index (χ3n) is 4.67. The summed E-state index contributed by atoms with van der Waals surface area (Å²) in [6, 6.07) is 5.84. The molecule has 23 heavy (non-hydrogen) atoms. The number of ether oxygens (including phenoxy) is 2. The standard InChI is InChI=1S/C16H18FNO5/c17-12-3-1-2-4-13(12)23-9-14(19)18-7-11-8-22-6-5-16(11,10-18)15(20)21/h1-4,11H,5-10H2,(H,20,21)/t11-,16+/m0/s1. The van der Waals surface area contributed by atoms with E-state index in [2.05, 4.69) is 0 Å². The maximum Gasteiger partial charge on any atom is 0.311 e. The molecule has 3 rings (SSSR count). The van der Waals surface area contributed by atoms with Crippen molar-refractivity contribution in [1.29, 1.82) is 0 Å². The predicted octanol–water partition coefficient (Wildman–Crippen LogP) is 1.15. The molecule has 2 atom stereocenters. The summed E-state index contributed by atoms with van der Waals surface area (Å²) in [5.74, 6) is -1.98. The van der Waals surface area contributed by atoms with Gasteiger partial charge >= 0.3 is 5.97 Å². The SMILES string of the molecule is O=C(COc1ccccc1F)N1C[C@H]2COCC[C@@]2(C(=O)O)C1. The quantitative estimate of drug-likeness (QED) is 0.900. The van der Waals surface area contributed by atoms with Gasteiger partial charge in [-0.1, -0.05) is 12.1 Å². The number of carboxylic acid groups (broad SMARTS) is 1. The van der Waals surface area contributed by atoms with E-state index in [1.54, 1.807) is 6.07 Å². The molecule has 0 radical (unpaired) electrons. The Morgan fingerprint density at radius 2 is 2.22 bits per heavy atom. The van der Waals surface area contributed by atoms with Gasteiger partial charge in [0.25, 0.3) is 5.91 Å². The van der Waals surface area contributed by atoms with Crippen molar-refractivity contribution in [2.45, 2.75) is 6.42 Å². The first-order chi connectivity index (χ1) is 11.0. The topological polar surface area (TPSA) is 76.1 Å². The average Bonchev–Trinajstić information content (AvgIpc) is 2.95. The average molecular weight is 323 g/mol. The Bertz CT molecular complexity index is 622. The number of rotatable bonds is 4. The van der Waals surface area contributed by atoms with E-state index < -0.39 is 17.2 Å². The molecule has 6 nitrogen and oxygen atoms in total. The van der Waals surface area contributed by atoms with Gasteiger partial charge in [0.2, 0.25) is 0 Å². The van der Waals surface area contributed by atoms with Crippen molar-refractivity contribution in [1.82, 2.24) is 4.90 Å². The molecular weight excluding hydrogens is 305 g/mol. The molecule has 0 bridgehead atoms. The van der Waals surface area contributed by atoms with Crippen LogP contribution >= 0.6 is 0 Å². The number of nitrogens with zero attached hydrogens (tertiary/aromatic N) is 1. The Balaban J connectivity index is 1.65. The molecule has 1 aromatic rings. The van der Waals surface area contributed by atoms with E-state index >= 15 is 0 Å². The second kappa shape index (κ2) is 6.16. The second-order valence-corrected chi connectivity index (χ2v) is 5.98. The first-order valence-corrected chi connectivity index (χ1v) is 7.49. The molecule has 0 unspecified atom stereocenters. The highest BCUT2D eigenvalue weighted by Crippen LogP contribution is 2.42. The van der Waals surface area contributed by atoms with Gasteiger partial charge in [0.15, 0.2) is 18.2 Å². The number of benzene rings is 1. The molecule has 7 heteroatoms. The molecule has 124 valence electrons. The number of amides is 1. The summed E-state index contributed by atoms with van der Waals surface area (Å²) in [7, 11) is 0. The number of carbonyl (C=O) groups is 2. The zero-order valence-corrected chi connectivity index (χ0v) is 12.5. The van der Waals surface area contributed by atoms with Crippen LogP contribution in [-0.4, -0.2) is 54.8 Å². The summed E-state index contributed by atoms with van der Waals surface area (Å²) in [6.45, 7) is 0.882. The molecule has 1 aromatic carbocycles. The number of halogens is 1. The maximum atomic E-state index is 13.5. The molecule has 2 saturated heterocycles. The lowest BCUT2D eigenvalue weighted by Crippen LogP contribution is -2.45. The van der Waals surface area contributed by atoms with Crippen molar-refractivity contribution < 1.29 is 28.6 Å². The van der Waals surface area contributed by atoms with E-state index in [-0.39, 0.29) is 30.7 Å². The predicted molar refractivity (Wildman–Crippen MR) is 77.5 cm³/mol. The summed E-state index contributed by atoms with van der Waals surface area (Å²) >= 11 is 0. The van der Waals surface area contributed by atoms with E-state index in [4.69, 9.17) is 9.47 Å². The summed E-state index contributed by atoms with van der Waals surface area (Å²) in [6.07, 6.45) is 0.394. The fraction of sp³-hybridized carbons (Fsp3) is 0.500. The van der Waals surface area contributed by atoms with Crippen LogP contribution in [0, 0.1) is 17.2 Å². The minimum atomic E-state index is -0.939. The third-order valence-corrected chi connectivity index (χ3v) is 4.67. The zero-order chi connectivity index (χ0) is 16.4. The van der Waals surface area contributed by atoms with E-state index in [0.29, 0.717) is 26.2 Å². The molecule has 1 N–H and O–H groups in total. The number of aliphatic carboxylic acids is 1. The highest BCUT2D eigenvalue weighted by molar-refractivity contribution is 5.82. The largest absolute Gasteiger partial charge is 0.481 e. The summed E-state index contributed by atoms with van der Waals surface area (Å²) in [4.78, 5) is 25.4. The van der Waals surface area contributed by atoms with Crippen molar-refractivity contribution in [3.05, 3.63) is 30.1 Å². The molecule has 1 amide bonds. The summed E-state index contributed by atoms with van der Waals surface area (Å²) in [5.41, 5.74) is -0.939. The van der Waals surface area contributed by atoms with Crippen LogP contribution in [0.4, 0.5) is 4.39 Å². The molecule has 2 aliphatic heterocycles. The van der Waals surface area contributed by atoms with Gasteiger partial charge in [0.1, 0.15) is 0 Å². The Kier molecular flexibility index (Phi) is 4.21. The third kappa shape index (κ3) is 2.88. The lowest BCUT2D eigenvalue weighted by molar-refractivity contribution is -0.157. The smallest absolute Gasteiger partial charge is 0.311 e. The molecule has 0 aliphatic carbocycles. The highest BCUT2D eigenvalue weighted by Gasteiger charge is 2.54. The lowest BCUT2D eigenvalue weighted by atomic mass is 9.74. The number of hydrogen-bond donors (Lipinski definition) is 1. The van der Waals surface area contributed by atoms with Gasteiger partial charge in [-0.05, 0) is 18.6 Å². The van der Waals surface area contributed by atoms with Crippen LogP contribution in [0.5, 0.6) is 5.75 Å². The van der Waals surface area contributed by atoms with Gasteiger partial charge in [-0.15, -0.1) is 0 Å². The summed E-state index contributed by atoms with van der Waals surface area (Å²) < 4.78 is 24.0. The Hall–Kier alpha value is -2.15. The van der Waals surface area contributed by atoms with Crippen LogP contribution in [0.2, 0.25) is 0 Å². The van der Waals surface area contributed by atoms with Crippen molar-refractivity contribution in [2.24, 2.45) is 11.3 Å². The van der Waals surface area contributed by atoms with Crippen LogP contribution in [0.25, 0.3) is 0 Å². The normalized spacial score (nSPS) is 26.7. The number of likely N-dealkylation sites (tertiary alicyclic amines) is 1. The van der Waals surface area contributed by atoms with E-state index in [1.807, 2.05) is 0 Å². The first-order valence-electron chi connectivity index (χ1n) is 7.49. The molecule has 0 saturated carbocycles. The molecule has 2 fully saturated rings. The molecule has 2 heterocycles. The minimum absolute atomic E-state index is 0.00810. The van der Waals surface area contributed by atoms with Crippen LogP contribution < -0.4 is 4.74 Å². The second-order valence-electron chi connectivity index (χ2n) is 5.98. The van der Waals surface area contributed by atoms with Gasteiger partial charge in [-0.25, -0.2) is 4.39 Å². The molecule has 2 aliphatic rings. The summed E-state index contributed by atoms with van der Waals surface area (Å²) in [5, 5.41) is 9.57. The fourth-order valence-corrected chi connectivity index (χ4v) is 3.28. The number of para-hydroxylation sites is 1. The van der Waals surface area contributed by atoms with E-state index in [9.17, 15) is 19.1 Å². The van der Waals surface area contributed by atoms with Gasteiger partial charge < -0.3 is 19.5 Å². The first kappa shape index (κ1) is 15.7. The Labute approximate surface area is 132 Å². The fourth-order valence-electron chi connectivity index (χ4n) is 3.28. The highest BCUT2D eigenvalue weighted by atomic mass is 19.1. The number of fused-ring (bicyclic) bond motifs is 1. The number of carbonyl (C=O) groups excluding carboxylic acids is 1. The van der Waals surface area contributed by atoms with Gasteiger partial charge in [-0.2, -0.15) is 0 Å². The molecular formula is C16H18FNO5. The molecule has 0 aromatic heterocycles. The van der Waals surface area contributed by atoms with Crippen molar-refractivity contribution in [3.8, 4) is 5.75 Å². The van der Waals surface area contributed by atoms with Crippen LogP contribution in [-0.2, 0) is 14.3 Å². The van der Waals surface area contributed by atoms with Gasteiger partial charge in [0, 0.05) is 25.6 Å². The van der Waals surface area contributed by atoms with E-state index in [1.165, 1.54) is 23.1 Å². The van der Waals surface area contributed by atoms with Crippen molar-refractivity contribution >= 4 is 11.9 Å². The molecule has 0 spiro atoms. The van der Waals surface area contributed by atoms with Crippen LogP contribution in [0.15, 0.2) is 24.3 Å². The van der Waals surface area contributed by atoms with E-state index in [0.717, 1.165) is 0 Å². The maximum absolute atomic E-state index is 13.5. The number of hydrogen-bond acceptors (Lipinski definition) is 4. The van der Waals surface area contributed by atoms with Crippen molar-refractivity contribution in [2.75, 3.05) is 32.9 Å². The monoisotopic (exact) mass is 323 g/mol. The Morgan fingerprint density at radius 3 is 2.91 bits per heavy atom. The lowest BCUT2D eigenvalue weighted by Gasteiger charge is -2.33. The Morgan fingerprint density at radius 1 is 1.43 bits per heavy atom. The van der Waals surface area contributed by atoms with Crippen LogP contribution in [0.1, 0.15) is 6.42 Å². The number of carboxylic acids is 1. The van der Waals surface area contributed by atoms with Gasteiger partial charge in [-0.3, -0.25) is 9.59 Å². The van der Waals surface area contributed by atoms with Crippen LogP contribution in [0.3, 0.4) is 0 Å². The van der Waals surface area contributed by atoms with Gasteiger partial charge in [0.05, 0.1) is 12.0 Å². The van der Waals surface area contributed by atoms with Crippen molar-refractivity contribution in [3.63, 3.8) is 0 Å².